The van der Waals surface area contributed by atoms with Gasteiger partial charge < -0.3 is 9.47 Å². The molecule has 0 bridgehead atoms. The molecule has 0 spiro atoms. The average Bonchev–Trinajstić information content (AvgIpc) is 2.54. The van der Waals surface area contributed by atoms with Crippen molar-refractivity contribution in [2.45, 2.75) is 6.42 Å². The number of hydrogen-bond donors (Lipinski definition) is 0. The Bertz CT molecular complexity index is 699. The van der Waals surface area contributed by atoms with Crippen molar-refractivity contribution in [3.63, 3.8) is 0 Å². The number of benzene rings is 2. The zero-order valence-electron chi connectivity index (χ0n) is 13.3. The van der Waals surface area contributed by atoms with Crippen LogP contribution in [-0.2, 0) is 10.0 Å². The predicted octanol–water partition coefficient (Wildman–Crippen LogP) is 2.93. The Morgan fingerprint density at radius 3 is 1.91 bits per heavy atom. The van der Waals surface area contributed by atoms with Gasteiger partial charge in [0.1, 0.15) is 11.5 Å². The van der Waals surface area contributed by atoms with Crippen LogP contribution in [0.25, 0.3) is 0 Å². The van der Waals surface area contributed by atoms with Crippen LogP contribution >= 0.6 is 0 Å². The molecule has 0 unspecified atom stereocenters. The number of para-hydroxylation sites is 1. The van der Waals surface area contributed by atoms with E-state index in [4.69, 9.17) is 9.47 Å². The smallest absolute Gasteiger partial charge is 0.231 e. The molecule has 0 atom stereocenters. The zero-order chi connectivity index (χ0) is 16.7. The summed E-state index contributed by atoms with van der Waals surface area (Å²) in [5, 5.41) is 0. The van der Waals surface area contributed by atoms with E-state index in [-0.39, 0.29) is 0 Å². The molecule has 2 aromatic carbocycles. The quantitative estimate of drug-likeness (QED) is 0.696. The van der Waals surface area contributed by atoms with Gasteiger partial charge in [0.2, 0.25) is 10.0 Å². The third-order valence-electron chi connectivity index (χ3n) is 3.27. The fraction of sp³-hybridized carbons (Fsp3) is 0.294. The minimum atomic E-state index is -3.24. The Balaban J connectivity index is 1.74. The highest BCUT2D eigenvalue weighted by molar-refractivity contribution is 7.92. The topological polar surface area (TPSA) is 55.8 Å². The monoisotopic (exact) mass is 335 g/mol. The molecule has 0 aromatic heterocycles. The van der Waals surface area contributed by atoms with Crippen molar-refractivity contribution in [1.82, 2.24) is 0 Å². The van der Waals surface area contributed by atoms with E-state index >= 15 is 0 Å². The molecule has 0 saturated carbocycles. The van der Waals surface area contributed by atoms with Crippen LogP contribution < -0.4 is 13.8 Å². The van der Waals surface area contributed by atoms with Gasteiger partial charge >= 0.3 is 0 Å². The molecule has 0 heterocycles. The van der Waals surface area contributed by atoms with Gasteiger partial charge in [-0.15, -0.1) is 0 Å². The van der Waals surface area contributed by atoms with Crippen LogP contribution in [0.1, 0.15) is 6.42 Å². The van der Waals surface area contributed by atoms with Crippen LogP contribution in [0.5, 0.6) is 11.5 Å². The van der Waals surface area contributed by atoms with E-state index in [1.54, 1.807) is 24.3 Å². The summed E-state index contributed by atoms with van der Waals surface area (Å²) in [6.07, 6.45) is 1.93. The first-order valence-corrected chi connectivity index (χ1v) is 9.16. The third kappa shape index (κ3) is 5.49. The van der Waals surface area contributed by atoms with Gasteiger partial charge in [-0.1, -0.05) is 18.2 Å². The third-order valence-corrected chi connectivity index (χ3v) is 4.47. The predicted molar refractivity (Wildman–Crippen MR) is 91.7 cm³/mol. The molecule has 2 rings (SSSR count). The van der Waals surface area contributed by atoms with Crippen LogP contribution in [0.4, 0.5) is 5.69 Å². The van der Waals surface area contributed by atoms with E-state index in [1.807, 2.05) is 30.3 Å². The highest BCUT2D eigenvalue weighted by Gasteiger charge is 2.11. The van der Waals surface area contributed by atoms with Crippen LogP contribution in [0.3, 0.4) is 0 Å². The maximum absolute atomic E-state index is 11.5. The number of nitrogens with zero attached hydrogens (tertiary/aromatic N) is 1. The SMILES string of the molecule is CN(c1ccc(OCCCOc2ccccc2)cc1)S(C)(=O)=O. The molecular formula is C17H21NO4S. The molecule has 0 N–H and O–H groups in total. The fourth-order valence-electron chi connectivity index (χ4n) is 1.90. The van der Waals surface area contributed by atoms with Crippen LogP contribution in [0, 0.1) is 0 Å². The highest BCUT2D eigenvalue weighted by Crippen LogP contribution is 2.20. The van der Waals surface area contributed by atoms with Crippen molar-refractivity contribution >= 4 is 15.7 Å². The van der Waals surface area contributed by atoms with Crippen molar-refractivity contribution in [1.29, 1.82) is 0 Å². The Labute approximate surface area is 137 Å². The summed E-state index contributed by atoms with van der Waals surface area (Å²) in [6.45, 7) is 1.12. The average molecular weight is 335 g/mol. The molecule has 6 heteroatoms. The van der Waals surface area contributed by atoms with Gasteiger partial charge in [-0.2, -0.15) is 0 Å². The summed E-state index contributed by atoms with van der Waals surface area (Å²) in [5.41, 5.74) is 0.604. The van der Waals surface area contributed by atoms with Gasteiger partial charge in [-0.3, -0.25) is 4.31 Å². The Hall–Kier alpha value is -2.21. The fourth-order valence-corrected chi connectivity index (χ4v) is 2.40. The minimum absolute atomic E-state index is 0.536. The second-order valence-corrected chi connectivity index (χ2v) is 7.10. The van der Waals surface area contributed by atoms with E-state index in [0.29, 0.717) is 24.7 Å². The van der Waals surface area contributed by atoms with Crippen molar-refractivity contribution in [2.75, 3.05) is 30.8 Å². The summed E-state index contributed by atoms with van der Waals surface area (Å²) in [4.78, 5) is 0. The van der Waals surface area contributed by atoms with E-state index < -0.39 is 10.0 Å². The summed E-state index contributed by atoms with van der Waals surface area (Å²) in [6, 6.07) is 16.6. The first-order chi connectivity index (χ1) is 11.0. The first kappa shape index (κ1) is 17.1. The van der Waals surface area contributed by atoms with Gasteiger partial charge in [-0.25, -0.2) is 8.42 Å². The Morgan fingerprint density at radius 1 is 0.870 bits per heavy atom. The second kappa shape index (κ2) is 7.87. The molecule has 0 aliphatic rings. The highest BCUT2D eigenvalue weighted by atomic mass is 32.2. The minimum Gasteiger partial charge on any atom is -0.493 e. The lowest BCUT2D eigenvalue weighted by Crippen LogP contribution is -2.24. The number of rotatable bonds is 8. The Morgan fingerprint density at radius 2 is 1.39 bits per heavy atom. The van der Waals surface area contributed by atoms with Gasteiger partial charge in [0.25, 0.3) is 0 Å². The van der Waals surface area contributed by atoms with E-state index in [0.717, 1.165) is 12.2 Å². The van der Waals surface area contributed by atoms with Crippen molar-refractivity contribution < 1.29 is 17.9 Å². The van der Waals surface area contributed by atoms with E-state index in [2.05, 4.69) is 0 Å². The van der Waals surface area contributed by atoms with Crippen LogP contribution in [-0.4, -0.2) is 34.9 Å². The second-order valence-electron chi connectivity index (χ2n) is 5.09. The molecule has 0 aliphatic carbocycles. The summed E-state index contributed by atoms with van der Waals surface area (Å²) < 4.78 is 35.3. The number of ether oxygens (including phenoxy) is 2. The standard InChI is InChI=1S/C17H21NO4S/c1-18(23(2,19)20)15-9-11-17(12-10-15)22-14-6-13-21-16-7-4-3-5-8-16/h3-5,7-12H,6,13-14H2,1-2H3. The summed E-state index contributed by atoms with van der Waals surface area (Å²) >= 11 is 0. The molecule has 23 heavy (non-hydrogen) atoms. The summed E-state index contributed by atoms with van der Waals surface area (Å²) in [7, 11) is -1.72. The number of anilines is 1. The van der Waals surface area contributed by atoms with Crippen molar-refractivity contribution in [3.8, 4) is 11.5 Å². The molecule has 0 radical (unpaired) electrons. The van der Waals surface area contributed by atoms with Gasteiger partial charge in [-0.05, 0) is 36.4 Å². The van der Waals surface area contributed by atoms with E-state index in [9.17, 15) is 8.42 Å². The molecule has 0 saturated heterocycles. The first-order valence-electron chi connectivity index (χ1n) is 7.31. The van der Waals surface area contributed by atoms with Crippen LogP contribution in [0.15, 0.2) is 54.6 Å². The van der Waals surface area contributed by atoms with Gasteiger partial charge in [0.05, 0.1) is 25.2 Å². The Kier molecular flexibility index (Phi) is 5.87. The number of sulfonamides is 1. The molecule has 0 amide bonds. The maximum Gasteiger partial charge on any atom is 0.231 e. The molecule has 124 valence electrons. The van der Waals surface area contributed by atoms with E-state index in [1.165, 1.54) is 17.6 Å². The lowest BCUT2D eigenvalue weighted by Gasteiger charge is -2.16. The zero-order valence-corrected chi connectivity index (χ0v) is 14.1. The molecule has 0 fully saturated rings. The molecule has 2 aromatic rings. The lowest BCUT2D eigenvalue weighted by molar-refractivity contribution is 0.247. The van der Waals surface area contributed by atoms with Gasteiger partial charge in [0, 0.05) is 13.5 Å². The molecule has 5 nitrogen and oxygen atoms in total. The van der Waals surface area contributed by atoms with Crippen LogP contribution in [0.2, 0.25) is 0 Å². The normalized spacial score (nSPS) is 11.0. The molecular weight excluding hydrogens is 314 g/mol. The lowest BCUT2D eigenvalue weighted by atomic mass is 10.3. The molecule has 0 aliphatic heterocycles. The van der Waals surface area contributed by atoms with Crippen molar-refractivity contribution in [3.05, 3.63) is 54.6 Å². The maximum atomic E-state index is 11.5. The number of hydrogen-bond acceptors (Lipinski definition) is 4. The van der Waals surface area contributed by atoms with Crippen molar-refractivity contribution in [2.24, 2.45) is 0 Å². The van der Waals surface area contributed by atoms with Gasteiger partial charge in [0.15, 0.2) is 0 Å². The summed E-state index contributed by atoms with van der Waals surface area (Å²) in [5.74, 6) is 1.55. The largest absolute Gasteiger partial charge is 0.493 e.